The highest BCUT2D eigenvalue weighted by Crippen LogP contribution is 2.25. The summed E-state index contributed by atoms with van der Waals surface area (Å²) in [6, 6.07) is 15.0. The smallest absolute Gasteiger partial charge is 0.246 e. The highest BCUT2D eigenvalue weighted by atomic mass is 16.5. The molecule has 144 valence electrons. The molecule has 1 atom stereocenters. The van der Waals surface area contributed by atoms with Crippen LogP contribution in [0.1, 0.15) is 38.8 Å². The van der Waals surface area contributed by atoms with Gasteiger partial charge in [0.2, 0.25) is 11.8 Å². The summed E-state index contributed by atoms with van der Waals surface area (Å²) >= 11 is 0. The van der Waals surface area contributed by atoms with E-state index in [1.54, 1.807) is 20.1 Å². The predicted octanol–water partition coefficient (Wildman–Crippen LogP) is 3.78. The summed E-state index contributed by atoms with van der Waals surface area (Å²) in [6.45, 7) is 7.11. The Morgan fingerprint density at radius 3 is 2.33 bits per heavy atom. The average Bonchev–Trinajstić information content (AvgIpc) is 2.62. The lowest BCUT2D eigenvalue weighted by molar-refractivity contribution is -0.131. The summed E-state index contributed by atoms with van der Waals surface area (Å²) in [5, 5.41) is 5.61. The first-order valence-corrected chi connectivity index (χ1v) is 9.03. The van der Waals surface area contributed by atoms with Crippen LogP contribution in [0.25, 0.3) is 0 Å². The molecule has 2 rings (SSSR count). The zero-order chi connectivity index (χ0) is 20.0. The van der Waals surface area contributed by atoms with Crippen molar-refractivity contribution in [3.63, 3.8) is 0 Å². The third-order valence-electron chi connectivity index (χ3n) is 4.21. The summed E-state index contributed by atoms with van der Waals surface area (Å²) in [7, 11) is 1.63. The molecule has 2 amide bonds. The normalized spacial score (nSPS) is 12.2. The number of amides is 2. The average molecular weight is 368 g/mol. The topological polar surface area (TPSA) is 67.4 Å². The maximum absolute atomic E-state index is 12.4. The summed E-state index contributed by atoms with van der Waals surface area (Å²) in [4.78, 5) is 24.5. The lowest BCUT2D eigenvalue weighted by Gasteiger charge is -2.21. The fraction of sp³-hybridized carbons (Fsp3) is 0.364. The van der Waals surface area contributed by atoms with Gasteiger partial charge < -0.3 is 15.4 Å². The maximum Gasteiger partial charge on any atom is 0.246 e. The van der Waals surface area contributed by atoms with Gasteiger partial charge >= 0.3 is 0 Å². The Morgan fingerprint density at radius 2 is 1.74 bits per heavy atom. The van der Waals surface area contributed by atoms with E-state index in [9.17, 15) is 9.59 Å². The number of nitrogens with one attached hydrogen (secondary N) is 2. The molecule has 0 saturated carbocycles. The van der Waals surface area contributed by atoms with E-state index in [1.807, 2.05) is 51.1 Å². The van der Waals surface area contributed by atoms with Gasteiger partial charge in [-0.2, -0.15) is 0 Å². The van der Waals surface area contributed by atoms with Gasteiger partial charge in [-0.05, 0) is 30.7 Å². The van der Waals surface area contributed by atoms with E-state index < -0.39 is 11.5 Å². The second kappa shape index (κ2) is 8.71. The fourth-order valence-corrected chi connectivity index (χ4v) is 2.54. The van der Waals surface area contributed by atoms with Crippen LogP contribution in [0.3, 0.4) is 0 Å². The molecular formula is C22H28N2O3. The largest absolute Gasteiger partial charge is 0.496 e. The molecule has 27 heavy (non-hydrogen) atoms. The second-order valence-corrected chi connectivity index (χ2v) is 7.62. The number of hydrogen-bond acceptors (Lipinski definition) is 3. The minimum atomic E-state index is -0.628. The lowest BCUT2D eigenvalue weighted by atomic mass is 9.95. The van der Waals surface area contributed by atoms with E-state index >= 15 is 0 Å². The Morgan fingerprint density at radius 1 is 1.07 bits per heavy atom. The molecule has 0 bridgehead atoms. The van der Waals surface area contributed by atoms with Gasteiger partial charge in [-0.15, -0.1) is 0 Å². The third-order valence-corrected chi connectivity index (χ3v) is 4.21. The van der Waals surface area contributed by atoms with Crippen molar-refractivity contribution in [3.8, 4) is 5.75 Å². The quantitative estimate of drug-likeness (QED) is 0.815. The van der Waals surface area contributed by atoms with Gasteiger partial charge in [0.05, 0.1) is 7.11 Å². The van der Waals surface area contributed by atoms with Crippen molar-refractivity contribution < 1.29 is 14.3 Å². The Bertz CT molecular complexity index is 795. The minimum Gasteiger partial charge on any atom is -0.496 e. The van der Waals surface area contributed by atoms with Crippen molar-refractivity contribution in [3.05, 3.63) is 59.7 Å². The molecule has 2 aromatic carbocycles. The first-order valence-electron chi connectivity index (χ1n) is 9.03. The van der Waals surface area contributed by atoms with Crippen LogP contribution < -0.4 is 15.4 Å². The van der Waals surface area contributed by atoms with Gasteiger partial charge in [-0.25, -0.2) is 0 Å². The number of benzene rings is 2. The molecule has 0 fully saturated rings. The van der Waals surface area contributed by atoms with Gasteiger partial charge in [-0.1, -0.05) is 51.1 Å². The van der Waals surface area contributed by atoms with Crippen molar-refractivity contribution >= 4 is 17.5 Å². The zero-order valence-electron chi connectivity index (χ0n) is 16.6. The van der Waals surface area contributed by atoms with Crippen LogP contribution in [0.4, 0.5) is 5.69 Å². The Kier molecular flexibility index (Phi) is 6.61. The number of rotatable bonds is 6. The molecule has 1 unspecified atom stereocenters. The molecule has 0 aliphatic heterocycles. The zero-order valence-corrected chi connectivity index (χ0v) is 16.6. The van der Waals surface area contributed by atoms with Crippen molar-refractivity contribution in [2.75, 3.05) is 12.4 Å². The van der Waals surface area contributed by atoms with Crippen LogP contribution in [0, 0.1) is 5.41 Å². The van der Waals surface area contributed by atoms with Crippen LogP contribution in [0.2, 0.25) is 0 Å². The summed E-state index contributed by atoms with van der Waals surface area (Å²) < 4.78 is 5.45. The monoisotopic (exact) mass is 368 g/mol. The lowest BCUT2D eigenvalue weighted by Crippen LogP contribution is -2.46. The number of carbonyl (C=O) groups excluding carboxylic acids is 2. The summed E-state index contributed by atoms with van der Waals surface area (Å²) in [5.74, 6) is 0.346. The van der Waals surface area contributed by atoms with Gasteiger partial charge in [0.1, 0.15) is 11.8 Å². The van der Waals surface area contributed by atoms with Crippen molar-refractivity contribution in [2.45, 2.75) is 40.2 Å². The number of ether oxygens (including phenoxy) is 1. The van der Waals surface area contributed by atoms with Gasteiger partial charge in [0.15, 0.2) is 0 Å². The molecule has 5 heteroatoms. The van der Waals surface area contributed by atoms with E-state index in [0.29, 0.717) is 12.1 Å². The predicted molar refractivity (Wildman–Crippen MR) is 108 cm³/mol. The highest BCUT2D eigenvalue weighted by molar-refractivity contribution is 5.97. The van der Waals surface area contributed by atoms with Crippen molar-refractivity contribution in [2.24, 2.45) is 5.41 Å². The molecule has 5 nitrogen and oxygen atoms in total. The van der Waals surface area contributed by atoms with Crippen LogP contribution in [-0.2, 0) is 16.0 Å². The molecule has 0 spiro atoms. The Balaban J connectivity index is 2.11. The number of methoxy groups -OCH3 is 1. The van der Waals surface area contributed by atoms with Crippen LogP contribution in [0.15, 0.2) is 48.5 Å². The van der Waals surface area contributed by atoms with Gasteiger partial charge in [0.25, 0.3) is 0 Å². The molecule has 0 aliphatic rings. The van der Waals surface area contributed by atoms with Crippen LogP contribution in [0.5, 0.6) is 5.75 Å². The van der Waals surface area contributed by atoms with Crippen molar-refractivity contribution in [1.29, 1.82) is 0 Å². The number of anilines is 1. The van der Waals surface area contributed by atoms with E-state index in [0.717, 1.165) is 16.9 Å². The van der Waals surface area contributed by atoms with E-state index in [-0.39, 0.29) is 11.8 Å². The first kappa shape index (κ1) is 20.5. The SMILES string of the molecule is COc1ccc(NC(=O)C(C)NC(=O)C(C)(C)C)cc1Cc1ccccc1. The summed E-state index contributed by atoms with van der Waals surface area (Å²) in [5.41, 5.74) is 2.26. The molecule has 0 aromatic heterocycles. The number of carbonyl (C=O) groups is 2. The Labute approximate surface area is 161 Å². The van der Waals surface area contributed by atoms with E-state index in [4.69, 9.17) is 4.74 Å². The van der Waals surface area contributed by atoms with Crippen LogP contribution in [-0.4, -0.2) is 25.0 Å². The van der Waals surface area contributed by atoms with E-state index in [1.165, 1.54) is 0 Å². The molecular weight excluding hydrogens is 340 g/mol. The van der Waals surface area contributed by atoms with Gasteiger partial charge in [-0.3, -0.25) is 9.59 Å². The van der Waals surface area contributed by atoms with Crippen LogP contribution >= 0.6 is 0 Å². The third kappa shape index (κ3) is 5.84. The fourth-order valence-electron chi connectivity index (χ4n) is 2.54. The first-order chi connectivity index (χ1) is 12.7. The number of hydrogen-bond donors (Lipinski definition) is 2. The minimum absolute atomic E-state index is 0.162. The molecule has 2 N–H and O–H groups in total. The molecule has 0 aliphatic carbocycles. The molecule has 0 radical (unpaired) electrons. The molecule has 2 aromatic rings. The van der Waals surface area contributed by atoms with Crippen molar-refractivity contribution in [1.82, 2.24) is 5.32 Å². The second-order valence-electron chi connectivity index (χ2n) is 7.62. The molecule has 0 saturated heterocycles. The summed E-state index contributed by atoms with van der Waals surface area (Å²) in [6.07, 6.45) is 0.698. The standard InChI is InChI=1S/C22H28N2O3/c1-15(23-21(26)22(2,3)4)20(25)24-18-11-12-19(27-5)17(14-18)13-16-9-7-6-8-10-16/h6-12,14-15H,13H2,1-5H3,(H,23,26)(H,24,25). The molecule has 0 heterocycles. The maximum atomic E-state index is 12.4. The Hall–Kier alpha value is -2.82. The van der Waals surface area contributed by atoms with E-state index in [2.05, 4.69) is 22.8 Å². The highest BCUT2D eigenvalue weighted by Gasteiger charge is 2.25. The van der Waals surface area contributed by atoms with Gasteiger partial charge in [0, 0.05) is 23.1 Å².